The van der Waals surface area contributed by atoms with Crippen molar-refractivity contribution in [3.8, 4) is 0 Å². The summed E-state index contributed by atoms with van der Waals surface area (Å²) >= 11 is 0. The molecule has 2 rings (SSSR count). The van der Waals surface area contributed by atoms with Crippen LogP contribution in [0.15, 0.2) is 18.2 Å². The summed E-state index contributed by atoms with van der Waals surface area (Å²) in [5.74, 6) is 0.857. The summed E-state index contributed by atoms with van der Waals surface area (Å²) in [5.41, 5.74) is 10.4. The Hall–Kier alpha value is -0.860. The molecule has 0 saturated heterocycles. The Morgan fingerprint density at radius 3 is 2.62 bits per heavy atom. The molecule has 0 bridgehead atoms. The minimum atomic E-state index is 0.468. The van der Waals surface area contributed by atoms with Gasteiger partial charge in [0.15, 0.2) is 0 Å². The summed E-state index contributed by atoms with van der Waals surface area (Å²) in [6.45, 7) is 6.77. The van der Waals surface area contributed by atoms with Crippen LogP contribution >= 0.6 is 0 Å². The second-order valence-electron chi connectivity index (χ2n) is 6.70. The van der Waals surface area contributed by atoms with Gasteiger partial charge in [-0.05, 0) is 87.6 Å². The predicted molar refractivity (Wildman–Crippen MR) is 91.7 cm³/mol. The number of hydrogen-bond acceptors (Lipinski definition) is 2. The molecule has 0 aliphatic heterocycles. The topological polar surface area (TPSA) is 38.0 Å². The smallest absolute Gasteiger partial charge is 0.00390 e. The molecule has 0 atom stereocenters. The van der Waals surface area contributed by atoms with E-state index in [1.54, 1.807) is 0 Å². The van der Waals surface area contributed by atoms with E-state index in [-0.39, 0.29) is 0 Å². The van der Waals surface area contributed by atoms with Crippen LogP contribution in [0.4, 0.5) is 0 Å². The Labute approximate surface area is 130 Å². The van der Waals surface area contributed by atoms with Crippen LogP contribution in [-0.4, -0.2) is 19.1 Å². The molecule has 0 unspecified atom stereocenters. The van der Waals surface area contributed by atoms with Gasteiger partial charge in [-0.2, -0.15) is 0 Å². The van der Waals surface area contributed by atoms with E-state index >= 15 is 0 Å². The fraction of sp³-hybridized carbons (Fsp3) is 0.684. The SMILES string of the molecule is CCc1ccc(CCCNCC2CCC(N)CC2)cc1C. The zero-order valence-corrected chi connectivity index (χ0v) is 13.8. The zero-order valence-electron chi connectivity index (χ0n) is 13.8. The Balaban J connectivity index is 1.60. The van der Waals surface area contributed by atoms with E-state index < -0.39 is 0 Å². The summed E-state index contributed by atoms with van der Waals surface area (Å²) in [6.07, 6.45) is 8.62. The molecule has 1 aliphatic carbocycles. The third-order valence-electron chi connectivity index (χ3n) is 4.93. The zero-order chi connectivity index (χ0) is 15.1. The highest BCUT2D eigenvalue weighted by atomic mass is 14.9. The van der Waals surface area contributed by atoms with E-state index in [0.717, 1.165) is 18.9 Å². The fourth-order valence-corrected chi connectivity index (χ4v) is 3.43. The standard InChI is InChI=1S/C19H32N2/c1-3-18-9-6-16(13-15(18)2)5-4-12-21-14-17-7-10-19(20)11-8-17/h6,9,13,17,19,21H,3-5,7-8,10-12,14,20H2,1-2H3. The molecule has 0 aromatic heterocycles. The molecule has 21 heavy (non-hydrogen) atoms. The van der Waals surface area contributed by atoms with Gasteiger partial charge in [0.25, 0.3) is 0 Å². The van der Waals surface area contributed by atoms with E-state index in [0.29, 0.717) is 6.04 Å². The summed E-state index contributed by atoms with van der Waals surface area (Å²) in [7, 11) is 0. The van der Waals surface area contributed by atoms with Gasteiger partial charge < -0.3 is 11.1 Å². The third-order valence-corrected chi connectivity index (χ3v) is 4.93. The quantitative estimate of drug-likeness (QED) is 0.752. The molecule has 1 aliphatic rings. The van der Waals surface area contributed by atoms with Crippen LogP contribution in [0.5, 0.6) is 0 Å². The van der Waals surface area contributed by atoms with Gasteiger partial charge in [0.2, 0.25) is 0 Å². The predicted octanol–water partition coefficient (Wildman–Crippen LogP) is 3.60. The lowest BCUT2D eigenvalue weighted by Crippen LogP contribution is -2.32. The molecule has 3 N–H and O–H groups in total. The van der Waals surface area contributed by atoms with Crippen LogP contribution in [0.3, 0.4) is 0 Å². The molecule has 1 fully saturated rings. The van der Waals surface area contributed by atoms with Crippen LogP contribution in [0.2, 0.25) is 0 Å². The summed E-state index contributed by atoms with van der Waals surface area (Å²) < 4.78 is 0. The molecule has 2 nitrogen and oxygen atoms in total. The van der Waals surface area contributed by atoms with Crippen molar-refractivity contribution in [2.24, 2.45) is 11.7 Å². The van der Waals surface area contributed by atoms with Crippen molar-refractivity contribution in [2.75, 3.05) is 13.1 Å². The first-order valence-electron chi connectivity index (χ1n) is 8.73. The van der Waals surface area contributed by atoms with Gasteiger partial charge in [-0.15, -0.1) is 0 Å². The van der Waals surface area contributed by atoms with Gasteiger partial charge in [-0.25, -0.2) is 0 Å². The lowest BCUT2D eigenvalue weighted by Gasteiger charge is -2.26. The Bertz CT molecular complexity index is 420. The first kappa shape index (κ1) is 16.5. The van der Waals surface area contributed by atoms with Crippen LogP contribution in [-0.2, 0) is 12.8 Å². The van der Waals surface area contributed by atoms with Gasteiger partial charge in [0.1, 0.15) is 0 Å². The fourth-order valence-electron chi connectivity index (χ4n) is 3.43. The van der Waals surface area contributed by atoms with Crippen molar-refractivity contribution in [1.29, 1.82) is 0 Å². The monoisotopic (exact) mass is 288 g/mol. The molecule has 2 heteroatoms. The van der Waals surface area contributed by atoms with E-state index in [2.05, 4.69) is 37.4 Å². The minimum absolute atomic E-state index is 0.468. The molecule has 0 amide bonds. The highest BCUT2D eigenvalue weighted by Gasteiger charge is 2.17. The average molecular weight is 288 g/mol. The molecule has 1 aromatic carbocycles. The number of nitrogens with two attached hydrogens (primary N) is 1. The van der Waals surface area contributed by atoms with Gasteiger partial charge in [0, 0.05) is 6.04 Å². The van der Waals surface area contributed by atoms with Crippen molar-refractivity contribution in [1.82, 2.24) is 5.32 Å². The number of aryl methyl sites for hydroxylation is 3. The maximum atomic E-state index is 5.95. The lowest BCUT2D eigenvalue weighted by atomic mass is 9.86. The van der Waals surface area contributed by atoms with E-state index in [4.69, 9.17) is 5.73 Å². The van der Waals surface area contributed by atoms with Gasteiger partial charge in [-0.1, -0.05) is 25.1 Å². The van der Waals surface area contributed by atoms with Crippen molar-refractivity contribution >= 4 is 0 Å². The first-order valence-corrected chi connectivity index (χ1v) is 8.73. The van der Waals surface area contributed by atoms with E-state index in [1.807, 2.05) is 0 Å². The second-order valence-corrected chi connectivity index (χ2v) is 6.70. The van der Waals surface area contributed by atoms with E-state index in [1.165, 1.54) is 61.8 Å². The third kappa shape index (κ3) is 5.44. The summed E-state index contributed by atoms with van der Waals surface area (Å²) in [6, 6.07) is 7.43. The van der Waals surface area contributed by atoms with Crippen LogP contribution in [0, 0.1) is 12.8 Å². The number of hydrogen-bond donors (Lipinski definition) is 2. The number of nitrogens with one attached hydrogen (secondary N) is 1. The van der Waals surface area contributed by atoms with Crippen LogP contribution in [0.1, 0.15) is 55.7 Å². The Morgan fingerprint density at radius 1 is 1.19 bits per heavy atom. The molecular weight excluding hydrogens is 256 g/mol. The molecule has 1 aromatic rings. The Kier molecular flexibility index (Phi) is 6.72. The Morgan fingerprint density at radius 2 is 1.95 bits per heavy atom. The van der Waals surface area contributed by atoms with Gasteiger partial charge in [-0.3, -0.25) is 0 Å². The number of rotatable bonds is 7. The molecule has 118 valence electrons. The molecular formula is C19H32N2. The highest BCUT2D eigenvalue weighted by molar-refractivity contribution is 5.31. The van der Waals surface area contributed by atoms with Crippen molar-refractivity contribution in [2.45, 2.75) is 64.8 Å². The van der Waals surface area contributed by atoms with Gasteiger partial charge in [0.05, 0.1) is 0 Å². The average Bonchev–Trinajstić information content (AvgIpc) is 2.49. The first-order chi connectivity index (χ1) is 10.2. The summed E-state index contributed by atoms with van der Waals surface area (Å²) in [5, 5.41) is 3.64. The van der Waals surface area contributed by atoms with Crippen LogP contribution < -0.4 is 11.1 Å². The van der Waals surface area contributed by atoms with Crippen molar-refractivity contribution in [3.63, 3.8) is 0 Å². The maximum Gasteiger partial charge on any atom is 0.00390 e. The molecule has 0 spiro atoms. The normalized spacial score (nSPS) is 22.4. The maximum absolute atomic E-state index is 5.95. The summed E-state index contributed by atoms with van der Waals surface area (Å²) in [4.78, 5) is 0. The van der Waals surface area contributed by atoms with Crippen molar-refractivity contribution < 1.29 is 0 Å². The van der Waals surface area contributed by atoms with E-state index in [9.17, 15) is 0 Å². The minimum Gasteiger partial charge on any atom is -0.328 e. The van der Waals surface area contributed by atoms with Gasteiger partial charge >= 0.3 is 0 Å². The molecule has 0 heterocycles. The molecule has 0 radical (unpaired) electrons. The number of benzene rings is 1. The highest BCUT2D eigenvalue weighted by Crippen LogP contribution is 2.22. The largest absolute Gasteiger partial charge is 0.328 e. The lowest BCUT2D eigenvalue weighted by molar-refractivity contribution is 0.314. The van der Waals surface area contributed by atoms with Crippen molar-refractivity contribution in [3.05, 3.63) is 34.9 Å². The van der Waals surface area contributed by atoms with Crippen LogP contribution in [0.25, 0.3) is 0 Å². The second kappa shape index (κ2) is 8.55. The molecule has 1 saturated carbocycles.